The number of unbranched alkanes of at least 4 members (excludes halogenated alkanes) is 7. The zero-order valence-corrected chi connectivity index (χ0v) is 80.9. The Kier molecular flexibility index (Phi) is 46.0. The summed E-state index contributed by atoms with van der Waals surface area (Å²) < 4.78 is 63.6. The number of aromatic nitrogens is 9. The third-order valence-corrected chi connectivity index (χ3v) is 23.3. The van der Waals surface area contributed by atoms with Crippen LogP contribution in [0.25, 0.3) is 65.8 Å². The number of guanidine groups is 1. The van der Waals surface area contributed by atoms with Gasteiger partial charge in [0.1, 0.15) is 74.3 Å². The van der Waals surface area contributed by atoms with Crippen LogP contribution in [0.3, 0.4) is 0 Å². The molecule has 0 unspecified atom stereocenters. The lowest BCUT2D eigenvalue weighted by atomic mass is 10.0. The fourth-order valence-electron chi connectivity index (χ4n) is 15.3. The largest absolute Gasteiger partial charge is 0.382 e. The number of para-hydroxylation sites is 2. The highest BCUT2D eigenvalue weighted by molar-refractivity contribution is 7.85. The zero-order valence-electron chi connectivity index (χ0n) is 80.1. The molecular formula is C101H138N20O14S. The third kappa shape index (κ3) is 36.4. The summed E-state index contributed by atoms with van der Waals surface area (Å²) in [5.74, 6) is 3.04. The van der Waals surface area contributed by atoms with E-state index in [9.17, 15) is 47.0 Å². The van der Waals surface area contributed by atoms with E-state index in [-0.39, 0.29) is 61.5 Å². The first-order valence-corrected chi connectivity index (χ1v) is 49.3. The zero-order chi connectivity index (χ0) is 97.4. The molecule has 6 aromatic heterocycles. The number of nitrogens with zero attached hydrogens (tertiary/aromatic N) is 11. The summed E-state index contributed by atoms with van der Waals surface area (Å²) in [7, 11) is -2.84. The number of carbonyl (C=O) groups excluding carboxylic acids is 6. The Morgan fingerprint density at radius 2 is 1.07 bits per heavy atom. The molecule has 0 aliphatic heterocycles. The molecule has 0 bridgehead atoms. The third-order valence-electron chi connectivity index (χ3n) is 22.5. The molecule has 0 saturated heterocycles. The van der Waals surface area contributed by atoms with Crippen molar-refractivity contribution >= 4 is 151 Å². The summed E-state index contributed by atoms with van der Waals surface area (Å²) in [6.07, 6.45) is 18.3. The number of carbonyl (C=O) groups is 6. The number of aromatic amines is 1. The number of ketones is 4. The van der Waals surface area contributed by atoms with E-state index in [4.69, 9.17) is 65.8 Å². The number of amidine groups is 1. The second-order valence-corrected chi connectivity index (χ2v) is 35.4. The highest BCUT2D eigenvalue weighted by Crippen LogP contribution is 2.33. The lowest BCUT2D eigenvalue weighted by Gasteiger charge is -2.15. The van der Waals surface area contributed by atoms with Crippen LogP contribution < -0.4 is 43.8 Å². The number of imidazole rings is 3. The first-order valence-electron chi connectivity index (χ1n) is 47.7. The average Bonchev–Trinajstić information content (AvgIpc) is 1.61. The van der Waals surface area contributed by atoms with Crippen LogP contribution >= 0.6 is 0 Å². The SMILES string of the molecule is CCCCc1nc2c(N)nc3ccccc3c2n1CCCCN=C(CCCOCCC(C)=O)Nc1cccc(CNC(=O)CCOCCOC)c1.CCCCc1nc2c(N)nc3ccccc3c2n1CCCCN=C(NCCOCCC(C)=O)Nc1cccc(C#N)c1.CCCCc1nc2c([nH]1)c(N)nc1cc(CCCCCNC(=O)[C@@H](CC(=O)CCOCCC(C)=O)CS(=O)(=O)O)ccc12. The molecule has 11 aromatic rings. The Morgan fingerprint density at radius 1 is 0.500 bits per heavy atom. The molecule has 6 heterocycles. The van der Waals surface area contributed by atoms with Gasteiger partial charge in [0.2, 0.25) is 11.8 Å². The molecule has 732 valence electrons. The highest BCUT2D eigenvalue weighted by atomic mass is 32.2. The molecule has 0 radical (unpaired) electrons. The van der Waals surface area contributed by atoms with Crippen molar-refractivity contribution in [2.24, 2.45) is 15.9 Å². The lowest BCUT2D eigenvalue weighted by Crippen LogP contribution is -2.36. The van der Waals surface area contributed by atoms with Gasteiger partial charge in [0.25, 0.3) is 10.1 Å². The molecule has 1 atom stereocenters. The van der Waals surface area contributed by atoms with Crippen molar-refractivity contribution in [1.82, 2.24) is 60.0 Å². The number of rotatable bonds is 59. The van der Waals surface area contributed by atoms with Crippen LogP contribution in [0, 0.1) is 17.2 Å². The number of hydrogen-bond donors (Lipinski definition) is 10. The minimum Gasteiger partial charge on any atom is -0.382 e. The predicted molar refractivity (Wildman–Crippen MR) is 538 cm³/mol. The van der Waals surface area contributed by atoms with Gasteiger partial charge in [-0.3, -0.25) is 43.3 Å². The number of ether oxygens (including phenoxy) is 5. The average molecular weight is 1890 g/mol. The summed E-state index contributed by atoms with van der Waals surface area (Å²) in [6, 6.07) is 39.8. The number of methoxy groups -OCH3 is 1. The topological polar surface area (TPSA) is 493 Å². The van der Waals surface area contributed by atoms with Crippen LogP contribution in [-0.4, -0.2) is 202 Å². The van der Waals surface area contributed by atoms with E-state index in [1.165, 1.54) is 6.92 Å². The Bertz CT molecular complexity index is 5950. The molecule has 0 saturated carbocycles. The number of benzene rings is 5. The maximum Gasteiger partial charge on any atom is 0.265 e. The van der Waals surface area contributed by atoms with E-state index >= 15 is 0 Å². The van der Waals surface area contributed by atoms with Crippen molar-refractivity contribution in [3.63, 3.8) is 0 Å². The first-order chi connectivity index (χ1) is 65.8. The van der Waals surface area contributed by atoms with Crippen LogP contribution in [-0.2, 0) is 108 Å². The van der Waals surface area contributed by atoms with Gasteiger partial charge in [-0.25, -0.2) is 29.9 Å². The molecule has 0 fully saturated rings. The summed E-state index contributed by atoms with van der Waals surface area (Å²) in [5.41, 5.74) is 31.1. The Hall–Kier alpha value is -12.3. The van der Waals surface area contributed by atoms with Crippen LogP contribution in [0.4, 0.5) is 28.8 Å². The quantitative estimate of drug-likeness (QED) is 0.00732. The molecular weight excluding hydrogens is 1750 g/mol. The maximum absolute atomic E-state index is 12.6. The molecule has 2 amide bonds. The number of nitrogens with one attached hydrogen (secondary N) is 6. The summed E-state index contributed by atoms with van der Waals surface area (Å²) in [4.78, 5) is 112. The number of nitrogens with two attached hydrogens (primary N) is 3. The lowest BCUT2D eigenvalue weighted by molar-refractivity contribution is -0.129. The molecule has 5 aromatic carbocycles. The second kappa shape index (κ2) is 58.2. The van der Waals surface area contributed by atoms with Crippen LogP contribution in [0.15, 0.2) is 125 Å². The number of pyridine rings is 3. The fourth-order valence-corrected chi connectivity index (χ4v) is 16.1. The van der Waals surface area contributed by atoms with Gasteiger partial charge in [0, 0.05) is 151 Å². The van der Waals surface area contributed by atoms with Crippen LogP contribution in [0.1, 0.15) is 211 Å². The van der Waals surface area contributed by atoms with Crippen molar-refractivity contribution in [3.05, 3.63) is 149 Å². The van der Waals surface area contributed by atoms with Gasteiger partial charge in [-0.2, -0.15) is 13.7 Å². The van der Waals surface area contributed by atoms with E-state index in [0.29, 0.717) is 140 Å². The smallest absolute Gasteiger partial charge is 0.265 e. The molecule has 35 heteroatoms. The van der Waals surface area contributed by atoms with Gasteiger partial charge in [-0.1, -0.05) is 113 Å². The number of aryl methyl sites for hydroxylation is 6. The van der Waals surface area contributed by atoms with Gasteiger partial charge in [0.05, 0.1) is 104 Å². The van der Waals surface area contributed by atoms with Gasteiger partial charge < -0.3 is 81.6 Å². The van der Waals surface area contributed by atoms with E-state index in [0.717, 1.165) is 234 Å². The van der Waals surface area contributed by atoms with Gasteiger partial charge in [-0.15, -0.1) is 0 Å². The van der Waals surface area contributed by atoms with Crippen LogP contribution in [0.5, 0.6) is 0 Å². The maximum atomic E-state index is 12.6. The second-order valence-electron chi connectivity index (χ2n) is 33.9. The summed E-state index contributed by atoms with van der Waals surface area (Å²) in [6.45, 7) is 18.7. The molecule has 0 aliphatic carbocycles. The minimum atomic E-state index is -4.46. The molecule has 13 N–H and O–H groups in total. The monoisotopic (exact) mass is 1890 g/mol. The van der Waals surface area contributed by atoms with E-state index in [1.807, 2.05) is 84.9 Å². The molecule has 136 heavy (non-hydrogen) atoms. The van der Waals surface area contributed by atoms with Crippen molar-refractivity contribution in [2.45, 2.75) is 222 Å². The Morgan fingerprint density at radius 3 is 1.69 bits per heavy atom. The molecule has 0 aliphatic rings. The molecule has 34 nitrogen and oxygen atoms in total. The van der Waals surface area contributed by atoms with Gasteiger partial charge in [-0.05, 0) is 151 Å². The van der Waals surface area contributed by atoms with E-state index in [1.54, 1.807) is 33.1 Å². The summed E-state index contributed by atoms with van der Waals surface area (Å²) >= 11 is 0. The van der Waals surface area contributed by atoms with Crippen LogP contribution in [0.2, 0.25) is 0 Å². The first kappa shape index (κ1) is 107. The van der Waals surface area contributed by atoms with Crippen molar-refractivity contribution in [1.29, 1.82) is 5.26 Å². The van der Waals surface area contributed by atoms with Gasteiger partial charge >= 0.3 is 0 Å². The number of fused-ring (bicyclic) bond motifs is 9. The number of H-pyrrole nitrogens is 1. The fraction of sp³-hybridized carbons (Fsp3) is 0.495. The number of amides is 2. The predicted octanol–water partition coefficient (Wildman–Crippen LogP) is 15.2. The molecule has 0 spiro atoms. The number of hydrogen-bond acceptors (Lipinski definition) is 25. The normalized spacial score (nSPS) is 12.0. The van der Waals surface area contributed by atoms with Crippen molar-refractivity contribution < 1.29 is 65.4 Å². The van der Waals surface area contributed by atoms with Gasteiger partial charge in [0.15, 0.2) is 17.6 Å². The number of aliphatic imine (C=N–C) groups is 2. The van der Waals surface area contributed by atoms with Crippen molar-refractivity contribution in [2.75, 3.05) is 126 Å². The number of Topliss-reactive ketones (excluding diaryl/α,β-unsaturated/α-hetero) is 4. The number of nitrogen functional groups attached to an aromatic ring is 3. The Labute approximate surface area is 797 Å². The minimum absolute atomic E-state index is 0.0172. The molecule has 11 rings (SSSR count). The van der Waals surface area contributed by atoms with E-state index < -0.39 is 27.7 Å². The highest BCUT2D eigenvalue weighted by Gasteiger charge is 2.28. The van der Waals surface area contributed by atoms with E-state index in [2.05, 4.69) is 101 Å². The standard InChI is InChI=1S/C39H55N7O5.C32H40N8O2.C30H43N5O7S/c1-4-5-17-35-45-37-38(32-14-6-7-15-33(32)44-39(37)40)46(35)21-9-8-20-41-34(16-11-22-50-23-18-29(2)47)43-31-13-10-12-30(27-31)28-42-36(48)19-24-51-26-25-49-3;1-3-4-14-28-39-29-30(26-12-5-6-13-27(26)38-31(29)34)40(28)18-8-7-16-35-32(36-17-20-42-19-15-23(2)41)37-25-11-9-10-24(21-25)22-33;1-3-4-9-26-34-27-24-11-10-21(17-25(24)33-29(31)28(27)35-26)8-6-5-7-14-32-30(38)22(19-43(39,40)41)18-23(37)13-16-42-15-12-20(2)36/h6-7,10,12-15,27H,4-5,8-9,11,16-26,28H2,1-3H3,(H2,40,44)(H,41,43)(H,42,48);5-6,9-13,21H,3-4,7-8,14-20H2,1-2H3,(H2,34,38)(H2,35,36,37);10-11,17,22H,3-9,12-16,18-19H2,1-2H3,(H2,31,33)(H,32,38)(H,34,35)(H,39,40,41)/t;;22-/m..0/s1. The van der Waals surface area contributed by atoms with Crippen molar-refractivity contribution in [3.8, 4) is 6.07 Å². The Balaban J connectivity index is 0.000000230. The number of anilines is 5. The number of nitriles is 1. The summed E-state index contributed by atoms with van der Waals surface area (Å²) in [5, 5.41) is 28.1.